The van der Waals surface area contributed by atoms with E-state index in [1.54, 1.807) is 27.4 Å². The third kappa shape index (κ3) is 4.41. The minimum atomic E-state index is -0.177. The summed E-state index contributed by atoms with van der Waals surface area (Å²) in [5.41, 5.74) is 1.80. The fraction of sp³-hybridized carbons (Fsp3) is 0.316. The molecule has 0 bridgehead atoms. The van der Waals surface area contributed by atoms with Crippen LogP contribution in [0.3, 0.4) is 0 Å². The molecule has 0 heterocycles. The number of nitrogens with one attached hydrogen (secondary N) is 1. The van der Waals surface area contributed by atoms with Crippen LogP contribution in [-0.2, 0) is 11.2 Å². The average Bonchev–Trinajstić information content (AvgIpc) is 2.60. The lowest BCUT2D eigenvalue weighted by Gasteiger charge is -2.18. The van der Waals surface area contributed by atoms with E-state index in [1.807, 2.05) is 43.3 Å². The van der Waals surface area contributed by atoms with E-state index in [-0.39, 0.29) is 11.9 Å². The van der Waals surface area contributed by atoms with Crippen molar-refractivity contribution in [2.24, 2.45) is 0 Å². The molecule has 0 aliphatic carbocycles. The highest BCUT2D eigenvalue weighted by Crippen LogP contribution is 2.29. The maximum absolute atomic E-state index is 12.3. The van der Waals surface area contributed by atoms with Gasteiger partial charge in [-0.2, -0.15) is 0 Å². The van der Waals surface area contributed by atoms with Gasteiger partial charge in [0, 0.05) is 11.6 Å². The largest absolute Gasteiger partial charge is 0.497 e. The number of rotatable bonds is 7. The van der Waals surface area contributed by atoms with Crippen LogP contribution >= 0.6 is 0 Å². The van der Waals surface area contributed by atoms with Gasteiger partial charge in [-0.05, 0) is 36.8 Å². The molecule has 1 unspecified atom stereocenters. The minimum absolute atomic E-state index is 0.0615. The first-order valence-electron chi connectivity index (χ1n) is 7.71. The van der Waals surface area contributed by atoms with E-state index in [0.717, 1.165) is 16.9 Å². The number of ether oxygens (including phenoxy) is 3. The van der Waals surface area contributed by atoms with Crippen molar-refractivity contribution >= 4 is 5.91 Å². The average molecular weight is 329 g/mol. The van der Waals surface area contributed by atoms with Crippen molar-refractivity contribution in [2.75, 3.05) is 21.3 Å². The van der Waals surface area contributed by atoms with E-state index in [0.29, 0.717) is 17.9 Å². The van der Waals surface area contributed by atoms with Gasteiger partial charge in [-0.25, -0.2) is 0 Å². The van der Waals surface area contributed by atoms with Crippen LogP contribution in [0.4, 0.5) is 0 Å². The van der Waals surface area contributed by atoms with Crippen LogP contribution in [0.15, 0.2) is 42.5 Å². The summed E-state index contributed by atoms with van der Waals surface area (Å²) in [7, 11) is 4.81. The molecule has 2 aromatic rings. The van der Waals surface area contributed by atoms with E-state index in [2.05, 4.69) is 5.32 Å². The Morgan fingerprint density at radius 2 is 1.71 bits per heavy atom. The van der Waals surface area contributed by atoms with Crippen molar-refractivity contribution in [3.05, 3.63) is 53.6 Å². The van der Waals surface area contributed by atoms with Crippen LogP contribution in [0.5, 0.6) is 17.2 Å². The zero-order chi connectivity index (χ0) is 17.5. The van der Waals surface area contributed by atoms with Crippen molar-refractivity contribution in [2.45, 2.75) is 19.4 Å². The molecule has 1 N–H and O–H groups in total. The van der Waals surface area contributed by atoms with Crippen LogP contribution in [0.1, 0.15) is 24.1 Å². The second kappa shape index (κ2) is 8.24. The number of carbonyl (C=O) groups excluding carboxylic acids is 1. The molecule has 2 aromatic carbocycles. The van der Waals surface area contributed by atoms with Gasteiger partial charge in [0.25, 0.3) is 0 Å². The van der Waals surface area contributed by atoms with Gasteiger partial charge in [0.1, 0.15) is 17.2 Å². The molecule has 0 saturated carbocycles. The molecular weight excluding hydrogens is 306 g/mol. The van der Waals surface area contributed by atoms with Crippen LogP contribution in [-0.4, -0.2) is 27.2 Å². The Morgan fingerprint density at radius 1 is 1.00 bits per heavy atom. The highest BCUT2D eigenvalue weighted by atomic mass is 16.5. The molecule has 5 nitrogen and oxygen atoms in total. The second-order valence-electron chi connectivity index (χ2n) is 5.43. The maximum Gasteiger partial charge on any atom is 0.224 e. The zero-order valence-electron chi connectivity index (χ0n) is 14.5. The molecule has 128 valence electrons. The first-order valence-corrected chi connectivity index (χ1v) is 7.71. The fourth-order valence-electron chi connectivity index (χ4n) is 2.51. The lowest BCUT2D eigenvalue weighted by atomic mass is 10.1. The monoisotopic (exact) mass is 329 g/mol. The molecule has 0 spiro atoms. The quantitative estimate of drug-likeness (QED) is 0.848. The minimum Gasteiger partial charge on any atom is -0.497 e. The molecule has 0 fully saturated rings. The van der Waals surface area contributed by atoms with Gasteiger partial charge in [-0.1, -0.05) is 12.1 Å². The highest BCUT2D eigenvalue weighted by Gasteiger charge is 2.15. The topological polar surface area (TPSA) is 56.8 Å². The van der Waals surface area contributed by atoms with E-state index >= 15 is 0 Å². The normalized spacial score (nSPS) is 11.5. The smallest absolute Gasteiger partial charge is 0.224 e. The number of hydrogen-bond acceptors (Lipinski definition) is 4. The first kappa shape index (κ1) is 17.7. The van der Waals surface area contributed by atoms with Gasteiger partial charge in [0.05, 0.1) is 33.8 Å². The summed E-state index contributed by atoms with van der Waals surface area (Å²) in [4.78, 5) is 12.3. The van der Waals surface area contributed by atoms with Gasteiger partial charge in [-0.3, -0.25) is 4.79 Å². The Bertz CT molecular complexity index is 700. The third-order valence-corrected chi connectivity index (χ3v) is 3.78. The van der Waals surface area contributed by atoms with E-state index < -0.39 is 0 Å². The zero-order valence-corrected chi connectivity index (χ0v) is 14.5. The summed E-state index contributed by atoms with van der Waals surface area (Å²) in [5, 5.41) is 2.99. The molecule has 5 heteroatoms. The van der Waals surface area contributed by atoms with E-state index in [9.17, 15) is 4.79 Å². The van der Waals surface area contributed by atoms with Gasteiger partial charge < -0.3 is 19.5 Å². The van der Waals surface area contributed by atoms with Crippen LogP contribution < -0.4 is 19.5 Å². The summed E-state index contributed by atoms with van der Waals surface area (Å²) >= 11 is 0. The number of amides is 1. The molecule has 0 aromatic heterocycles. The summed E-state index contributed by atoms with van der Waals surface area (Å²) in [5.74, 6) is 2.08. The Balaban J connectivity index is 2.05. The van der Waals surface area contributed by atoms with Gasteiger partial charge in [0.15, 0.2) is 0 Å². The third-order valence-electron chi connectivity index (χ3n) is 3.78. The van der Waals surface area contributed by atoms with E-state index in [4.69, 9.17) is 14.2 Å². The number of benzene rings is 2. The van der Waals surface area contributed by atoms with Gasteiger partial charge >= 0.3 is 0 Å². The SMILES string of the molecule is COc1cccc(CC(=O)NC(C)c2ccc(OC)cc2OC)c1. The van der Waals surface area contributed by atoms with Gasteiger partial charge in [0.2, 0.25) is 5.91 Å². The standard InChI is InChI=1S/C19H23NO4/c1-13(17-9-8-16(23-3)12-18(17)24-4)20-19(21)11-14-6-5-7-15(10-14)22-2/h5-10,12-13H,11H2,1-4H3,(H,20,21). The Kier molecular flexibility index (Phi) is 6.07. The molecule has 2 rings (SSSR count). The molecular formula is C19H23NO4. The van der Waals surface area contributed by atoms with E-state index in [1.165, 1.54) is 0 Å². The molecule has 0 radical (unpaired) electrons. The summed E-state index contributed by atoms with van der Waals surface area (Å²) in [6.45, 7) is 1.92. The van der Waals surface area contributed by atoms with Crippen molar-refractivity contribution in [3.63, 3.8) is 0 Å². The number of methoxy groups -OCH3 is 3. The number of carbonyl (C=O) groups is 1. The maximum atomic E-state index is 12.3. The Labute approximate surface area is 142 Å². The molecule has 1 atom stereocenters. The van der Waals surface area contributed by atoms with Crippen molar-refractivity contribution < 1.29 is 19.0 Å². The molecule has 0 aliphatic heterocycles. The first-order chi connectivity index (χ1) is 11.6. The van der Waals surface area contributed by atoms with Gasteiger partial charge in [-0.15, -0.1) is 0 Å². The van der Waals surface area contributed by atoms with Crippen LogP contribution in [0.25, 0.3) is 0 Å². The van der Waals surface area contributed by atoms with Crippen LogP contribution in [0.2, 0.25) is 0 Å². The molecule has 0 aliphatic rings. The lowest BCUT2D eigenvalue weighted by Crippen LogP contribution is -2.28. The summed E-state index contributed by atoms with van der Waals surface area (Å²) in [6, 6.07) is 12.9. The predicted octanol–water partition coefficient (Wildman–Crippen LogP) is 3.13. The van der Waals surface area contributed by atoms with Crippen molar-refractivity contribution in [3.8, 4) is 17.2 Å². The molecule has 24 heavy (non-hydrogen) atoms. The molecule has 0 saturated heterocycles. The molecule has 1 amide bonds. The second-order valence-corrected chi connectivity index (χ2v) is 5.43. The Hall–Kier alpha value is -2.69. The Morgan fingerprint density at radius 3 is 2.38 bits per heavy atom. The van der Waals surface area contributed by atoms with Crippen LogP contribution in [0, 0.1) is 0 Å². The highest BCUT2D eigenvalue weighted by molar-refractivity contribution is 5.79. The fourth-order valence-corrected chi connectivity index (χ4v) is 2.51. The summed E-state index contributed by atoms with van der Waals surface area (Å²) in [6.07, 6.45) is 0.292. The predicted molar refractivity (Wildman–Crippen MR) is 92.8 cm³/mol. The lowest BCUT2D eigenvalue weighted by molar-refractivity contribution is -0.121. The van der Waals surface area contributed by atoms with Crippen molar-refractivity contribution in [1.29, 1.82) is 0 Å². The van der Waals surface area contributed by atoms with Crippen molar-refractivity contribution in [1.82, 2.24) is 5.32 Å². The number of hydrogen-bond donors (Lipinski definition) is 1. The summed E-state index contributed by atoms with van der Waals surface area (Å²) < 4.78 is 15.8.